The van der Waals surface area contributed by atoms with Crippen molar-refractivity contribution in [3.05, 3.63) is 33.8 Å². The van der Waals surface area contributed by atoms with E-state index in [9.17, 15) is 4.79 Å². The number of thioether (sulfide) groups is 2. The number of carbonyl (C=O) groups is 1. The second-order valence-corrected chi connectivity index (χ2v) is 7.81. The molecule has 2 rings (SSSR count). The van der Waals surface area contributed by atoms with Gasteiger partial charge in [-0.15, -0.1) is 11.8 Å². The maximum absolute atomic E-state index is 12.3. The van der Waals surface area contributed by atoms with Crippen molar-refractivity contribution < 1.29 is 4.79 Å². The van der Waals surface area contributed by atoms with Gasteiger partial charge in [-0.05, 0) is 17.7 Å². The molecule has 0 aliphatic carbocycles. The van der Waals surface area contributed by atoms with Crippen molar-refractivity contribution in [2.24, 2.45) is 0 Å². The zero-order valence-electron chi connectivity index (χ0n) is 9.99. The van der Waals surface area contributed by atoms with Crippen LogP contribution in [0.2, 0.25) is 10.0 Å². The number of ketones is 1. The maximum Gasteiger partial charge on any atom is 0.151 e. The topological polar surface area (TPSA) is 17.1 Å². The number of hydrogen-bond acceptors (Lipinski definition) is 3. The van der Waals surface area contributed by atoms with Crippen molar-refractivity contribution in [2.75, 3.05) is 11.5 Å². The highest BCUT2D eigenvalue weighted by molar-refractivity contribution is 8.07. The molecular formula is C13H14Cl2OS2. The molecule has 1 fully saturated rings. The summed E-state index contributed by atoms with van der Waals surface area (Å²) in [5.41, 5.74) is 0.942. The van der Waals surface area contributed by atoms with Crippen LogP contribution in [0.1, 0.15) is 12.5 Å². The summed E-state index contributed by atoms with van der Waals surface area (Å²) in [6.45, 7) is 2.13. The van der Waals surface area contributed by atoms with Gasteiger partial charge in [0, 0.05) is 23.2 Å². The Balaban J connectivity index is 2.04. The zero-order chi connectivity index (χ0) is 13.1. The first-order valence-corrected chi connectivity index (χ1v) is 8.63. The lowest BCUT2D eigenvalue weighted by Crippen LogP contribution is -2.32. The molecule has 2 unspecified atom stereocenters. The van der Waals surface area contributed by atoms with Gasteiger partial charge < -0.3 is 0 Å². The number of hydrogen-bond donors (Lipinski definition) is 0. The average molecular weight is 321 g/mol. The molecule has 0 saturated carbocycles. The Labute approximate surface area is 126 Å². The van der Waals surface area contributed by atoms with E-state index in [0.29, 0.717) is 21.7 Å². The first kappa shape index (κ1) is 14.6. The standard InChI is InChI=1S/C13H14Cl2OS2/c1-8-13(18-5-4-17-8)12(16)7-9-2-3-10(14)11(15)6-9/h2-3,6,8,13H,4-5,7H2,1H3. The van der Waals surface area contributed by atoms with Crippen LogP contribution < -0.4 is 0 Å². The van der Waals surface area contributed by atoms with E-state index >= 15 is 0 Å². The Morgan fingerprint density at radius 2 is 2.00 bits per heavy atom. The fraction of sp³-hybridized carbons (Fsp3) is 0.462. The summed E-state index contributed by atoms with van der Waals surface area (Å²) >= 11 is 15.5. The third-order valence-corrected chi connectivity index (χ3v) is 6.75. The summed E-state index contributed by atoms with van der Waals surface area (Å²) in [4.78, 5) is 12.3. The van der Waals surface area contributed by atoms with Gasteiger partial charge in [0.2, 0.25) is 0 Å². The van der Waals surface area contributed by atoms with Crippen molar-refractivity contribution in [1.82, 2.24) is 0 Å². The summed E-state index contributed by atoms with van der Waals surface area (Å²) in [5, 5.41) is 1.56. The van der Waals surface area contributed by atoms with Crippen LogP contribution in [0.15, 0.2) is 18.2 Å². The predicted octanol–water partition coefficient (Wildman–Crippen LogP) is 4.34. The quantitative estimate of drug-likeness (QED) is 0.824. The van der Waals surface area contributed by atoms with Crippen molar-refractivity contribution >= 4 is 52.5 Å². The second kappa shape index (κ2) is 6.56. The molecule has 1 heterocycles. The monoisotopic (exact) mass is 320 g/mol. The lowest BCUT2D eigenvalue weighted by atomic mass is 10.1. The van der Waals surface area contributed by atoms with Gasteiger partial charge in [-0.25, -0.2) is 0 Å². The molecule has 5 heteroatoms. The zero-order valence-corrected chi connectivity index (χ0v) is 13.1. The van der Waals surface area contributed by atoms with Crippen LogP contribution in [0.25, 0.3) is 0 Å². The highest BCUT2D eigenvalue weighted by Gasteiger charge is 2.28. The fourth-order valence-corrected chi connectivity index (χ4v) is 4.99. The number of rotatable bonds is 3. The Hall–Kier alpha value is 0.170. The molecule has 2 atom stereocenters. The molecule has 0 aromatic heterocycles. The highest BCUT2D eigenvalue weighted by Crippen LogP contribution is 2.32. The molecule has 1 aromatic carbocycles. The number of halogens is 2. The molecular weight excluding hydrogens is 307 g/mol. The van der Waals surface area contributed by atoms with E-state index in [1.165, 1.54) is 0 Å². The van der Waals surface area contributed by atoms with Gasteiger partial charge in [0.05, 0.1) is 15.3 Å². The number of Topliss-reactive ketones (excluding diaryl/α,β-unsaturated/α-hetero) is 1. The molecule has 0 amide bonds. The van der Waals surface area contributed by atoms with Crippen LogP contribution in [-0.2, 0) is 11.2 Å². The summed E-state index contributed by atoms with van der Waals surface area (Å²) in [6, 6.07) is 5.41. The van der Waals surface area contributed by atoms with Crippen LogP contribution in [-0.4, -0.2) is 27.8 Å². The van der Waals surface area contributed by atoms with Crippen molar-refractivity contribution in [3.8, 4) is 0 Å². The molecule has 0 bridgehead atoms. The van der Waals surface area contributed by atoms with E-state index in [0.717, 1.165) is 17.1 Å². The molecule has 1 saturated heterocycles. The number of benzene rings is 1. The lowest BCUT2D eigenvalue weighted by molar-refractivity contribution is -0.117. The van der Waals surface area contributed by atoms with Crippen LogP contribution in [0.5, 0.6) is 0 Å². The Morgan fingerprint density at radius 3 is 2.67 bits per heavy atom. The van der Waals surface area contributed by atoms with Gasteiger partial charge in [-0.2, -0.15) is 11.8 Å². The minimum atomic E-state index is 0.109. The maximum atomic E-state index is 12.3. The minimum Gasteiger partial charge on any atom is -0.298 e. The molecule has 98 valence electrons. The van der Waals surface area contributed by atoms with Gasteiger partial charge >= 0.3 is 0 Å². The molecule has 18 heavy (non-hydrogen) atoms. The van der Waals surface area contributed by atoms with E-state index in [1.54, 1.807) is 23.9 Å². The van der Waals surface area contributed by atoms with Crippen LogP contribution in [0.4, 0.5) is 0 Å². The number of carbonyl (C=O) groups excluding carboxylic acids is 1. The van der Waals surface area contributed by atoms with E-state index < -0.39 is 0 Å². The summed E-state index contributed by atoms with van der Waals surface area (Å²) in [7, 11) is 0. The van der Waals surface area contributed by atoms with Gasteiger partial charge in [-0.3, -0.25) is 4.79 Å². The van der Waals surface area contributed by atoms with Crippen molar-refractivity contribution in [1.29, 1.82) is 0 Å². The van der Waals surface area contributed by atoms with E-state index in [1.807, 2.05) is 17.8 Å². The van der Waals surface area contributed by atoms with Crippen LogP contribution >= 0.6 is 46.7 Å². The van der Waals surface area contributed by atoms with E-state index in [2.05, 4.69) is 6.92 Å². The van der Waals surface area contributed by atoms with Crippen LogP contribution in [0, 0.1) is 0 Å². The molecule has 1 aromatic rings. The first-order valence-electron chi connectivity index (χ1n) is 5.78. The Morgan fingerprint density at radius 1 is 1.28 bits per heavy atom. The van der Waals surface area contributed by atoms with E-state index in [-0.39, 0.29) is 11.0 Å². The third kappa shape index (κ3) is 3.60. The smallest absolute Gasteiger partial charge is 0.151 e. The van der Waals surface area contributed by atoms with Crippen LogP contribution in [0.3, 0.4) is 0 Å². The third-order valence-electron chi connectivity index (χ3n) is 2.87. The summed E-state index contributed by atoms with van der Waals surface area (Å²) < 4.78 is 0. The average Bonchev–Trinajstić information content (AvgIpc) is 2.34. The molecule has 0 spiro atoms. The molecule has 1 nitrogen and oxygen atoms in total. The first-order chi connectivity index (χ1) is 8.58. The van der Waals surface area contributed by atoms with Crippen molar-refractivity contribution in [3.63, 3.8) is 0 Å². The summed E-state index contributed by atoms with van der Waals surface area (Å²) in [5.74, 6) is 2.49. The van der Waals surface area contributed by atoms with Crippen molar-refractivity contribution in [2.45, 2.75) is 23.8 Å². The largest absolute Gasteiger partial charge is 0.298 e. The molecule has 1 aliphatic heterocycles. The van der Waals surface area contributed by atoms with Gasteiger partial charge in [-0.1, -0.05) is 36.2 Å². The SMILES string of the molecule is CC1SCCSC1C(=O)Cc1ccc(Cl)c(Cl)c1. The highest BCUT2D eigenvalue weighted by atomic mass is 35.5. The lowest BCUT2D eigenvalue weighted by Gasteiger charge is -2.26. The molecule has 1 aliphatic rings. The normalized spacial score (nSPS) is 23.9. The Kier molecular flexibility index (Phi) is 5.31. The minimum absolute atomic E-state index is 0.109. The Bertz CT molecular complexity index is 451. The molecule has 0 N–H and O–H groups in total. The predicted molar refractivity (Wildman–Crippen MR) is 83.3 cm³/mol. The van der Waals surface area contributed by atoms with Gasteiger partial charge in [0.15, 0.2) is 5.78 Å². The fourth-order valence-electron chi connectivity index (χ4n) is 1.94. The van der Waals surface area contributed by atoms with Gasteiger partial charge in [0.25, 0.3) is 0 Å². The van der Waals surface area contributed by atoms with Gasteiger partial charge in [0.1, 0.15) is 0 Å². The molecule has 0 radical (unpaired) electrons. The summed E-state index contributed by atoms with van der Waals surface area (Å²) in [6.07, 6.45) is 0.444. The second-order valence-electron chi connectivity index (χ2n) is 4.26. The van der Waals surface area contributed by atoms with E-state index in [4.69, 9.17) is 23.2 Å².